The van der Waals surface area contributed by atoms with Gasteiger partial charge in [-0.3, -0.25) is 4.79 Å². The molecule has 0 heterocycles. The normalized spacial score (nSPS) is 24.1. The maximum Gasteiger partial charge on any atom is 0.251 e. The molecule has 2 saturated carbocycles. The Morgan fingerprint density at radius 1 is 1.15 bits per heavy atom. The molecule has 0 aromatic heterocycles. The summed E-state index contributed by atoms with van der Waals surface area (Å²) in [7, 11) is -3.62. The molecule has 0 bridgehead atoms. The van der Waals surface area contributed by atoms with E-state index in [9.17, 15) is 13.2 Å². The van der Waals surface area contributed by atoms with Gasteiger partial charge in [0, 0.05) is 17.6 Å². The molecule has 3 rings (SSSR count). The van der Waals surface area contributed by atoms with Crippen molar-refractivity contribution in [3.05, 3.63) is 29.3 Å². The van der Waals surface area contributed by atoms with E-state index in [1.165, 1.54) is 6.07 Å². The third-order valence-corrected chi connectivity index (χ3v) is 7.36. The maximum atomic E-state index is 12.8. The van der Waals surface area contributed by atoms with Crippen molar-refractivity contribution >= 4 is 15.9 Å². The van der Waals surface area contributed by atoms with Crippen molar-refractivity contribution in [2.75, 3.05) is 6.54 Å². The largest absolute Gasteiger partial charge is 0.349 e. The quantitative estimate of drug-likeness (QED) is 0.704. The van der Waals surface area contributed by atoms with E-state index in [4.69, 9.17) is 5.73 Å². The lowest BCUT2D eigenvalue weighted by atomic mass is 10.0. The number of carbonyl (C=O) groups excluding carboxylic acids is 1. The first-order valence-corrected chi connectivity index (χ1v) is 11.0. The summed E-state index contributed by atoms with van der Waals surface area (Å²) in [6.45, 7) is 2.32. The van der Waals surface area contributed by atoms with E-state index >= 15 is 0 Å². The zero-order valence-corrected chi connectivity index (χ0v) is 16.1. The van der Waals surface area contributed by atoms with Crippen molar-refractivity contribution < 1.29 is 13.2 Å². The second-order valence-electron chi connectivity index (χ2n) is 7.59. The molecule has 0 radical (unpaired) electrons. The smallest absolute Gasteiger partial charge is 0.251 e. The number of rotatable bonds is 6. The van der Waals surface area contributed by atoms with Crippen LogP contribution in [0.2, 0.25) is 0 Å². The highest BCUT2D eigenvalue weighted by molar-refractivity contribution is 7.89. The van der Waals surface area contributed by atoms with Gasteiger partial charge in [-0.05, 0) is 62.8 Å². The van der Waals surface area contributed by atoms with E-state index in [0.717, 1.165) is 44.9 Å². The fraction of sp³-hybridized carbons (Fsp3) is 0.632. The van der Waals surface area contributed by atoms with Gasteiger partial charge in [-0.25, -0.2) is 13.1 Å². The van der Waals surface area contributed by atoms with Gasteiger partial charge in [0.05, 0.1) is 4.90 Å². The van der Waals surface area contributed by atoms with E-state index in [1.807, 2.05) is 0 Å². The Kier molecular flexibility index (Phi) is 5.99. The second-order valence-corrected chi connectivity index (χ2v) is 9.27. The fourth-order valence-electron chi connectivity index (χ4n) is 4.12. The highest BCUT2D eigenvalue weighted by Gasteiger charge is 2.29. The average Bonchev–Trinajstić information content (AvgIpc) is 3.26. The van der Waals surface area contributed by atoms with Gasteiger partial charge in [-0.15, -0.1) is 0 Å². The van der Waals surface area contributed by atoms with Gasteiger partial charge < -0.3 is 11.1 Å². The van der Waals surface area contributed by atoms with Gasteiger partial charge in [0.25, 0.3) is 5.91 Å². The van der Waals surface area contributed by atoms with Crippen LogP contribution in [-0.2, 0) is 10.0 Å². The van der Waals surface area contributed by atoms with Crippen molar-refractivity contribution in [3.63, 3.8) is 0 Å². The van der Waals surface area contributed by atoms with Crippen LogP contribution in [0.3, 0.4) is 0 Å². The number of hydrogen-bond donors (Lipinski definition) is 3. The van der Waals surface area contributed by atoms with Crippen LogP contribution >= 0.6 is 0 Å². The molecule has 2 atom stereocenters. The molecule has 6 nitrogen and oxygen atoms in total. The predicted octanol–water partition coefficient (Wildman–Crippen LogP) is 2.07. The van der Waals surface area contributed by atoms with Crippen LogP contribution < -0.4 is 15.8 Å². The number of amides is 1. The minimum absolute atomic E-state index is 0.000633. The molecule has 0 spiro atoms. The van der Waals surface area contributed by atoms with Crippen LogP contribution in [0.25, 0.3) is 0 Å². The van der Waals surface area contributed by atoms with Crippen LogP contribution in [0, 0.1) is 12.8 Å². The highest BCUT2D eigenvalue weighted by Crippen LogP contribution is 2.26. The molecule has 7 heteroatoms. The number of aryl methyl sites for hydroxylation is 1. The molecule has 2 fully saturated rings. The Labute approximate surface area is 156 Å². The Hall–Kier alpha value is -1.44. The third kappa shape index (κ3) is 4.27. The molecule has 2 unspecified atom stereocenters. The van der Waals surface area contributed by atoms with Gasteiger partial charge in [0.2, 0.25) is 10.0 Å². The summed E-state index contributed by atoms with van der Waals surface area (Å²) in [5, 5.41) is 3.03. The minimum Gasteiger partial charge on any atom is -0.349 e. The molecular formula is C19H29N3O3S. The number of nitrogens with one attached hydrogen (secondary N) is 2. The Morgan fingerprint density at radius 3 is 2.58 bits per heavy atom. The number of nitrogens with two attached hydrogens (primary N) is 1. The van der Waals surface area contributed by atoms with Gasteiger partial charge in [0.15, 0.2) is 0 Å². The average molecular weight is 380 g/mol. The van der Waals surface area contributed by atoms with Gasteiger partial charge in [0.1, 0.15) is 0 Å². The number of sulfonamides is 1. The summed E-state index contributed by atoms with van der Waals surface area (Å²) in [5.74, 6) is 0.0734. The number of hydrogen-bond acceptors (Lipinski definition) is 4. The lowest BCUT2D eigenvalue weighted by Crippen LogP contribution is -2.40. The summed E-state index contributed by atoms with van der Waals surface area (Å²) in [6, 6.07) is 4.96. The Morgan fingerprint density at radius 2 is 1.88 bits per heavy atom. The SMILES string of the molecule is Cc1ccc(C(=O)NC2CCCC2CN)cc1S(=O)(=O)NC1CCCC1. The first-order chi connectivity index (χ1) is 12.4. The molecule has 1 amide bonds. The molecular weight excluding hydrogens is 350 g/mol. The zero-order valence-electron chi connectivity index (χ0n) is 15.3. The van der Waals surface area contributed by atoms with Crippen LogP contribution in [0.5, 0.6) is 0 Å². The zero-order chi connectivity index (χ0) is 18.7. The first kappa shape index (κ1) is 19.3. The van der Waals surface area contributed by atoms with Crippen LogP contribution in [0.1, 0.15) is 60.9 Å². The Balaban J connectivity index is 1.77. The van der Waals surface area contributed by atoms with Crippen molar-refractivity contribution in [1.82, 2.24) is 10.0 Å². The summed E-state index contributed by atoms with van der Waals surface area (Å²) >= 11 is 0. The molecule has 144 valence electrons. The van der Waals surface area contributed by atoms with Crippen LogP contribution in [0.15, 0.2) is 23.1 Å². The van der Waals surface area contributed by atoms with Crippen LogP contribution in [0.4, 0.5) is 0 Å². The lowest BCUT2D eigenvalue weighted by Gasteiger charge is -2.20. The van der Waals surface area contributed by atoms with E-state index in [0.29, 0.717) is 23.6 Å². The Bertz CT molecular complexity index is 757. The third-order valence-electron chi connectivity index (χ3n) is 5.70. The summed E-state index contributed by atoms with van der Waals surface area (Å²) in [5.41, 5.74) is 6.80. The number of carbonyl (C=O) groups is 1. The molecule has 2 aliphatic carbocycles. The molecule has 1 aromatic carbocycles. The summed E-state index contributed by atoms with van der Waals surface area (Å²) in [6.07, 6.45) is 6.87. The summed E-state index contributed by atoms with van der Waals surface area (Å²) in [4.78, 5) is 12.8. The molecule has 0 saturated heterocycles. The minimum atomic E-state index is -3.62. The molecule has 4 N–H and O–H groups in total. The standard InChI is InChI=1S/C19H29N3O3S/c1-13-9-10-14(19(23)21-17-8-4-5-15(17)12-20)11-18(13)26(24,25)22-16-6-2-3-7-16/h9-11,15-17,22H,2-8,12,20H2,1H3,(H,21,23). The van der Waals surface area contributed by atoms with Gasteiger partial charge in [-0.2, -0.15) is 0 Å². The maximum absolute atomic E-state index is 12.8. The second kappa shape index (κ2) is 8.06. The predicted molar refractivity (Wildman–Crippen MR) is 101 cm³/mol. The monoisotopic (exact) mass is 379 g/mol. The van der Waals surface area contributed by atoms with Crippen molar-refractivity contribution in [2.45, 2.75) is 68.8 Å². The van der Waals surface area contributed by atoms with E-state index < -0.39 is 10.0 Å². The van der Waals surface area contributed by atoms with Crippen molar-refractivity contribution in [3.8, 4) is 0 Å². The van der Waals surface area contributed by atoms with Crippen LogP contribution in [-0.4, -0.2) is 33.0 Å². The van der Waals surface area contributed by atoms with E-state index in [1.54, 1.807) is 19.1 Å². The van der Waals surface area contributed by atoms with Crippen molar-refractivity contribution in [2.24, 2.45) is 11.7 Å². The van der Waals surface area contributed by atoms with E-state index in [-0.39, 0.29) is 22.9 Å². The lowest BCUT2D eigenvalue weighted by molar-refractivity contribution is 0.0928. The number of benzene rings is 1. The van der Waals surface area contributed by atoms with Gasteiger partial charge >= 0.3 is 0 Å². The molecule has 1 aromatic rings. The highest BCUT2D eigenvalue weighted by atomic mass is 32.2. The molecule has 26 heavy (non-hydrogen) atoms. The fourth-order valence-corrected chi connectivity index (χ4v) is 5.69. The van der Waals surface area contributed by atoms with E-state index in [2.05, 4.69) is 10.0 Å². The first-order valence-electron chi connectivity index (χ1n) is 9.54. The molecule has 2 aliphatic rings. The topological polar surface area (TPSA) is 101 Å². The van der Waals surface area contributed by atoms with Gasteiger partial charge in [-0.1, -0.05) is 25.3 Å². The summed E-state index contributed by atoms with van der Waals surface area (Å²) < 4.78 is 28.3. The van der Waals surface area contributed by atoms with Crippen molar-refractivity contribution in [1.29, 1.82) is 0 Å². The molecule has 0 aliphatic heterocycles.